The third kappa shape index (κ3) is 5.99. The number of hydrogen-bond donors (Lipinski definition) is 2. The lowest BCUT2D eigenvalue weighted by molar-refractivity contribution is 0.0693. The first-order chi connectivity index (χ1) is 14.3. The monoisotopic (exact) mass is 390 g/mol. The standard InChI is InChI=1S/C24H30N4O/c25-23(20-10-5-2-6-11-20)28-24-26-15-7-12-21(27-24)17-29-22(16-18-13-14-18)19-8-3-1-4-9-19/h1-6,8-11,18,22,24,26H,7,12-17H2,(H2,25,28). The topological polar surface area (TPSA) is 72.0 Å². The Balaban J connectivity index is 1.43. The minimum absolute atomic E-state index is 0.138. The molecule has 0 aromatic heterocycles. The van der Waals surface area contributed by atoms with Crippen LogP contribution in [0, 0.1) is 5.92 Å². The molecule has 1 aliphatic heterocycles. The van der Waals surface area contributed by atoms with Crippen molar-refractivity contribution >= 4 is 11.5 Å². The first kappa shape index (κ1) is 19.8. The Kier molecular flexibility index (Phi) is 6.70. The molecule has 1 heterocycles. The number of ether oxygens (including phenoxy) is 1. The predicted molar refractivity (Wildman–Crippen MR) is 118 cm³/mol. The van der Waals surface area contributed by atoms with E-state index in [2.05, 4.69) is 40.6 Å². The number of nitrogens with two attached hydrogens (primary N) is 1. The molecule has 29 heavy (non-hydrogen) atoms. The molecule has 5 nitrogen and oxygen atoms in total. The van der Waals surface area contributed by atoms with Crippen LogP contribution in [0.3, 0.4) is 0 Å². The fraction of sp³-hybridized carbons (Fsp3) is 0.417. The average molecular weight is 391 g/mol. The zero-order valence-corrected chi connectivity index (χ0v) is 16.8. The van der Waals surface area contributed by atoms with E-state index in [9.17, 15) is 0 Å². The number of nitrogens with zero attached hydrogens (tertiary/aromatic N) is 2. The van der Waals surface area contributed by atoms with Crippen LogP contribution in [0.2, 0.25) is 0 Å². The summed E-state index contributed by atoms with van der Waals surface area (Å²) in [6.45, 7) is 1.42. The maximum Gasteiger partial charge on any atom is 0.195 e. The molecule has 0 bridgehead atoms. The molecule has 0 spiro atoms. The third-order valence-corrected chi connectivity index (χ3v) is 5.47. The summed E-state index contributed by atoms with van der Waals surface area (Å²) in [5.41, 5.74) is 9.42. The molecule has 2 unspecified atom stereocenters. The van der Waals surface area contributed by atoms with Crippen LogP contribution >= 0.6 is 0 Å². The van der Waals surface area contributed by atoms with Gasteiger partial charge in [0.25, 0.3) is 0 Å². The number of aliphatic imine (C=N–C) groups is 2. The number of benzene rings is 2. The summed E-state index contributed by atoms with van der Waals surface area (Å²) in [6.07, 6.45) is 5.49. The van der Waals surface area contributed by atoms with E-state index in [1.54, 1.807) is 0 Å². The van der Waals surface area contributed by atoms with Crippen LogP contribution in [0.5, 0.6) is 0 Å². The van der Waals surface area contributed by atoms with Gasteiger partial charge in [0.2, 0.25) is 0 Å². The van der Waals surface area contributed by atoms with Gasteiger partial charge in [0, 0.05) is 11.3 Å². The molecule has 1 aliphatic carbocycles. The van der Waals surface area contributed by atoms with Crippen LogP contribution in [-0.2, 0) is 4.74 Å². The van der Waals surface area contributed by atoms with Gasteiger partial charge in [0.15, 0.2) is 6.29 Å². The number of amidine groups is 1. The molecule has 0 amide bonds. The fourth-order valence-electron chi connectivity index (χ4n) is 3.63. The van der Waals surface area contributed by atoms with Crippen LogP contribution in [0.15, 0.2) is 70.6 Å². The van der Waals surface area contributed by atoms with E-state index in [0.29, 0.717) is 12.4 Å². The first-order valence-electron chi connectivity index (χ1n) is 10.6. The maximum absolute atomic E-state index is 6.37. The molecule has 1 saturated carbocycles. The Bertz CT molecular complexity index is 830. The summed E-state index contributed by atoms with van der Waals surface area (Å²) in [4.78, 5) is 9.41. The minimum Gasteiger partial charge on any atom is -0.383 e. The van der Waals surface area contributed by atoms with Crippen molar-refractivity contribution in [1.82, 2.24) is 5.32 Å². The molecule has 5 heteroatoms. The van der Waals surface area contributed by atoms with Gasteiger partial charge in [-0.05, 0) is 37.3 Å². The zero-order chi connectivity index (χ0) is 19.9. The number of rotatable bonds is 8. The van der Waals surface area contributed by atoms with Crippen molar-refractivity contribution in [2.45, 2.75) is 44.5 Å². The van der Waals surface area contributed by atoms with E-state index in [4.69, 9.17) is 15.5 Å². The van der Waals surface area contributed by atoms with Gasteiger partial charge in [0.05, 0.1) is 12.7 Å². The Hall–Kier alpha value is -2.50. The van der Waals surface area contributed by atoms with Gasteiger partial charge in [-0.1, -0.05) is 73.5 Å². The molecule has 0 radical (unpaired) electrons. The van der Waals surface area contributed by atoms with Crippen molar-refractivity contribution < 1.29 is 4.74 Å². The van der Waals surface area contributed by atoms with E-state index >= 15 is 0 Å². The van der Waals surface area contributed by atoms with Crippen LogP contribution in [-0.4, -0.2) is 31.0 Å². The Labute approximate surface area is 173 Å². The maximum atomic E-state index is 6.37. The van der Waals surface area contributed by atoms with Crippen molar-refractivity contribution in [3.8, 4) is 0 Å². The van der Waals surface area contributed by atoms with Gasteiger partial charge >= 0.3 is 0 Å². The van der Waals surface area contributed by atoms with Crippen LogP contribution in [0.25, 0.3) is 0 Å². The van der Waals surface area contributed by atoms with Gasteiger partial charge < -0.3 is 10.5 Å². The summed E-state index contributed by atoms with van der Waals surface area (Å²) >= 11 is 0. The summed E-state index contributed by atoms with van der Waals surface area (Å²) < 4.78 is 6.37. The van der Waals surface area contributed by atoms with Gasteiger partial charge in [-0.3, -0.25) is 10.3 Å². The highest BCUT2D eigenvalue weighted by molar-refractivity contribution is 5.97. The summed E-state index contributed by atoms with van der Waals surface area (Å²) in [5.74, 6) is 1.31. The third-order valence-electron chi connectivity index (χ3n) is 5.47. The van der Waals surface area contributed by atoms with Crippen molar-refractivity contribution in [1.29, 1.82) is 0 Å². The lowest BCUT2D eigenvalue weighted by Crippen LogP contribution is -2.29. The molecule has 3 N–H and O–H groups in total. The second kappa shape index (κ2) is 9.81. The van der Waals surface area contributed by atoms with E-state index < -0.39 is 0 Å². The lowest BCUT2D eigenvalue weighted by atomic mass is 10.0. The quantitative estimate of drug-likeness (QED) is 0.527. The van der Waals surface area contributed by atoms with Crippen molar-refractivity contribution in [3.05, 3.63) is 71.8 Å². The summed E-state index contributed by atoms with van der Waals surface area (Å²) in [5, 5.41) is 3.36. The molecule has 4 rings (SSSR count). The van der Waals surface area contributed by atoms with Gasteiger partial charge in [-0.2, -0.15) is 0 Å². The van der Waals surface area contributed by atoms with Crippen LogP contribution < -0.4 is 11.1 Å². The highest BCUT2D eigenvalue weighted by atomic mass is 16.5. The molecule has 2 aromatic carbocycles. The molecular weight excluding hydrogens is 360 g/mol. The SMILES string of the molecule is NC(=NC1N=C(COC(CC2CC2)c2ccccc2)CCCN1)c1ccccc1. The Morgan fingerprint density at radius 2 is 1.83 bits per heavy atom. The van der Waals surface area contributed by atoms with Crippen molar-refractivity contribution in [2.75, 3.05) is 13.2 Å². The number of nitrogens with one attached hydrogen (secondary N) is 1. The smallest absolute Gasteiger partial charge is 0.195 e. The molecule has 2 aliphatic rings. The minimum atomic E-state index is -0.352. The molecular formula is C24H30N4O. The summed E-state index contributed by atoms with van der Waals surface area (Å²) in [7, 11) is 0. The van der Waals surface area contributed by atoms with E-state index in [-0.39, 0.29) is 12.4 Å². The largest absolute Gasteiger partial charge is 0.383 e. The van der Waals surface area contributed by atoms with Gasteiger partial charge in [-0.15, -0.1) is 0 Å². The van der Waals surface area contributed by atoms with E-state index in [1.807, 2.05) is 30.3 Å². The number of hydrogen-bond acceptors (Lipinski definition) is 4. The zero-order valence-electron chi connectivity index (χ0n) is 16.8. The Morgan fingerprint density at radius 1 is 1.10 bits per heavy atom. The lowest BCUT2D eigenvalue weighted by Gasteiger charge is -2.19. The molecule has 152 valence electrons. The van der Waals surface area contributed by atoms with Crippen LogP contribution in [0.1, 0.15) is 49.3 Å². The molecule has 0 saturated heterocycles. The summed E-state index contributed by atoms with van der Waals surface area (Å²) in [6, 6.07) is 20.4. The normalized spacial score (nSPS) is 21.3. The molecule has 2 aromatic rings. The highest BCUT2D eigenvalue weighted by Gasteiger charge is 2.27. The van der Waals surface area contributed by atoms with Gasteiger partial charge in [0.1, 0.15) is 5.84 Å². The predicted octanol–water partition coefficient (Wildman–Crippen LogP) is 4.06. The first-order valence-corrected chi connectivity index (χ1v) is 10.6. The van der Waals surface area contributed by atoms with Crippen molar-refractivity contribution in [2.24, 2.45) is 21.6 Å². The Morgan fingerprint density at radius 3 is 2.55 bits per heavy atom. The van der Waals surface area contributed by atoms with Crippen molar-refractivity contribution in [3.63, 3.8) is 0 Å². The molecule has 2 atom stereocenters. The fourth-order valence-corrected chi connectivity index (χ4v) is 3.63. The highest BCUT2D eigenvalue weighted by Crippen LogP contribution is 2.39. The average Bonchev–Trinajstić information content (AvgIpc) is 3.60. The van der Waals surface area contributed by atoms with Gasteiger partial charge in [-0.25, -0.2) is 4.99 Å². The van der Waals surface area contributed by atoms with E-state index in [0.717, 1.165) is 43.0 Å². The second-order valence-electron chi connectivity index (χ2n) is 7.90. The second-order valence-corrected chi connectivity index (χ2v) is 7.90. The van der Waals surface area contributed by atoms with E-state index in [1.165, 1.54) is 18.4 Å². The van der Waals surface area contributed by atoms with Crippen LogP contribution in [0.4, 0.5) is 0 Å². The molecule has 1 fully saturated rings.